The van der Waals surface area contributed by atoms with E-state index in [0.29, 0.717) is 6.07 Å². The van der Waals surface area contributed by atoms with Crippen molar-refractivity contribution in [2.75, 3.05) is 11.1 Å². The van der Waals surface area contributed by atoms with E-state index in [1.807, 2.05) is 0 Å². The Morgan fingerprint density at radius 2 is 1.94 bits per heavy atom. The van der Waals surface area contributed by atoms with Crippen molar-refractivity contribution in [2.45, 2.75) is 6.42 Å². The van der Waals surface area contributed by atoms with Gasteiger partial charge in [0.25, 0.3) is 0 Å². The van der Waals surface area contributed by atoms with Crippen molar-refractivity contribution in [2.24, 2.45) is 0 Å². The lowest BCUT2D eigenvalue weighted by molar-refractivity contribution is -0.136. The van der Waals surface area contributed by atoms with Gasteiger partial charge in [-0.1, -0.05) is 24.0 Å². The van der Waals surface area contributed by atoms with E-state index in [1.54, 1.807) is 0 Å². The highest BCUT2D eigenvalue weighted by atomic mass is 32.2. The minimum atomic E-state index is -1.36. The Bertz CT molecular complexity index is 482. The van der Waals surface area contributed by atoms with Crippen LogP contribution in [0.3, 0.4) is 0 Å². The quantitative estimate of drug-likeness (QED) is 0.660. The lowest BCUT2D eigenvalue weighted by Crippen LogP contribution is -2.10. The first-order valence-electron chi connectivity index (χ1n) is 4.71. The number of nitrogens with one attached hydrogen (secondary N) is 1. The van der Waals surface area contributed by atoms with Crippen LogP contribution in [-0.4, -0.2) is 21.1 Å². The molecule has 0 fully saturated rings. The van der Waals surface area contributed by atoms with E-state index >= 15 is 0 Å². The number of benzene rings is 1. The van der Waals surface area contributed by atoms with E-state index in [1.165, 1.54) is 0 Å². The van der Waals surface area contributed by atoms with Crippen molar-refractivity contribution in [1.82, 2.24) is 0 Å². The first-order valence-corrected chi connectivity index (χ1v) is 6.10. The van der Waals surface area contributed by atoms with Crippen LogP contribution in [-0.2, 0) is 4.79 Å². The van der Waals surface area contributed by atoms with Crippen LogP contribution in [0, 0.1) is 17.5 Å². The number of aliphatic carboxylic acids is 1. The maximum Gasteiger partial charge on any atom is 0.304 e. The number of halogens is 3. The molecule has 98 valence electrons. The molecule has 0 spiro atoms. The standard InChI is InChI=1S/C10H8F3NO2S2/c11-5-1-2-6(12)9(8(5)13)14-10(17)18-4-3-7(15)16/h1-2H,3-4H2,(H,14,17)(H,15,16). The molecule has 18 heavy (non-hydrogen) atoms. The Morgan fingerprint density at radius 1 is 1.33 bits per heavy atom. The number of carboxylic acid groups (broad SMARTS) is 1. The minimum Gasteiger partial charge on any atom is -0.481 e. The van der Waals surface area contributed by atoms with Gasteiger partial charge >= 0.3 is 5.97 Å². The van der Waals surface area contributed by atoms with E-state index in [9.17, 15) is 18.0 Å². The van der Waals surface area contributed by atoms with Crippen LogP contribution in [0.2, 0.25) is 0 Å². The molecule has 0 atom stereocenters. The predicted octanol–water partition coefficient (Wildman–Crippen LogP) is 3.01. The molecule has 2 N–H and O–H groups in total. The summed E-state index contributed by atoms with van der Waals surface area (Å²) >= 11 is 5.66. The van der Waals surface area contributed by atoms with Crippen molar-refractivity contribution in [1.29, 1.82) is 0 Å². The zero-order valence-corrected chi connectivity index (χ0v) is 10.5. The Kier molecular flexibility index (Phi) is 5.42. The molecular formula is C10H8F3NO2S2. The topological polar surface area (TPSA) is 49.3 Å². The van der Waals surface area contributed by atoms with Crippen molar-refractivity contribution in [3.63, 3.8) is 0 Å². The second-order valence-corrected chi connectivity index (χ2v) is 4.89. The van der Waals surface area contributed by atoms with E-state index < -0.39 is 29.1 Å². The largest absolute Gasteiger partial charge is 0.481 e. The third kappa shape index (κ3) is 4.19. The van der Waals surface area contributed by atoms with E-state index in [0.717, 1.165) is 17.8 Å². The van der Waals surface area contributed by atoms with Gasteiger partial charge in [0.2, 0.25) is 0 Å². The van der Waals surface area contributed by atoms with Crippen LogP contribution in [0.4, 0.5) is 18.9 Å². The third-order valence-electron chi connectivity index (χ3n) is 1.82. The van der Waals surface area contributed by atoms with Crippen LogP contribution in [0.1, 0.15) is 6.42 Å². The third-order valence-corrected chi connectivity index (χ3v) is 3.05. The number of anilines is 1. The summed E-state index contributed by atoms with van der Waals surface area (Å²) in [6.45, 7) is 0. The summed E-state index contributed by atoms with van der Waals surface area (Å²) in [5, 5.41) is 10.6. The van der Waals surface area contributed by atoms with Gasteiger partial charge in [0.1, 0.15) is 15.8 Å². The van der Waals surface area contributed by atoms with Crippen LogP contribution in [0.5, 0.6) is 0 Å². The SMILES string of the molecule is O=C(O)CCSC(=S)Nc1c(F)ccc(F)c1F. The highest BCUT2D eigenvalue weighted by Gasteiger charge is 2.15. The summed E-state index contributed by atoms with van der Waals surface area (Å²) in [7, 11) is 0. The van der Waals surface area contributed by atoms with E-state index in [-0.39, 0.29) is 16.5 Å². The summed E-state index contributed by atoms with van der Waals surface area (Å²) in [5.74, 6) is -4.39. The molecule has 1 aromatic rings. The molecule has 8 heteroatoms. The monoisotopic (exact) mass is 295 g/mol. The van der Waals surface area contributed by atoms with E-state index in [2.05, 4.69) is 5.32 Å². The molecular weight excluding hydrogens is 287 g/mol. The molecule has 0 unspecified atom stereocenters. The van der Waals surface area contributed by atoms with Gasteiger partial charge in [-0.25, -0.2) is 13.2 Å². The maximum absolute atomic E-state index is 13.2. The summed E-state index contributed by atoms with van der Waals surface area (Å²) in [6.07, 6.45) is -0.138. The Labute approximate surface area is 110 Å². The fourth-order valence-electron chi connectivity index (χ4n) is 1.01. The van der Waals surface area contributed by atoms with Gasteiger partial charge in [-0.3, -0.25) is 4.79 Å². The first kappa shape index (κ1) is 14.8. The Balaban J connectivity index is 2.65. The summed E-state index contributed by atoms with van der Waals surface area (Å²) in [4.78, 5) is 10.2. The lowest BCUT2D eigenvalue weighted by Gasteiger charge is -2.09. The maximum atomic E-state index is 13.2. The molecule has 0 saturated heterocycles. The molecule has 1 aromatic carbocycles. The number of carbonyl (C=O) groups is 1. The highest BCUT2D eigenvalue weighted by Crippen LogP contribution is 2.22. The molecule has 0 aliphatic carbocycles. The number of hydrogen-bond acceptors (Lipinski definition) is 3. The molecule has 0 bridgehead atoms. The summed E-state index contributed by atoms with van der Waals surface area (Å²) in [5.41, 5.74) is -0.678. The van der Waals surface area contributed by atoms with Crippen LogP contribution < -0.4 is 5.32 Å². The van der Waals surface area contributed by atoms with Crippen molar-refractivity contribution < 1.29 is 23.1 Å². The smallest absolute Gasteiger partial charge is 0.304 e. The first-order chi connectivity index (χ1) is 8.41. The van der Waals surface area contributed by atoms with Crippen LogP contribution >= 0.6 is 24.0 Å². The molecule has 0 aromatic heterocycles. The molecule has 0 heterocycles. The molecule has 0 radical (unpaired) electrons. The van der Waals surface area contributed by atoms with Crippen molar-refractivity contribution >= 4 is 40.0 Å². The zero-order valence-electron chi connectivity index (χ0n) is 8.87. The molecule has 0 aliphatic heterocycles. The minimum absolute atomic E-state index is 0.0281. The normalized spacial score (nSPS) is 10.2. The predicted molar refractivity (Wildman–Crippen MR) is 67.2 cm³/mol. The van der Waals surface area contributed by atoms with Crippen molar-refractivity contribution in [3.05, 3.63) is 29.6 Å². The number of thiocarbonyl (C=S) groups is 1. The van der Waals surface area contributed by atoms with Gasteiger partial charge in [0.15, 0.2) is 11.6 Å². The van der Waals surface area contributed by atoms with Gasteiger partial charge in [-0.15, -0.1) is 0 Å². The Hall–Kier alpha value is -1.28. The second kappa shape index (κ2) is 6.60. The summed E-state index contributed by atoms with van der Waals surface area (Å²) in [6, 6.07) is 1.43. The molecule has 0 amide bonds. The highest BCUT2D eigenvalue weighted by molar-refractivity contribution is 8.23. The lowest BCUT2D eigenvalue weighted by atomic mass is 10.3. The molecule has 0 saturated carbocycles. The average molecular weight is 295 g/mol. The number of carboxylic acids is 1. The number of rotatable bonds is 4. The zero-order chi connectivity index (χ0) is 13.7. The average Bonchev–Trinajstić information content (AvgIpc) is 2.29. The Morgan fingerprint density at radius 3 is 2.56 bits per heavy atom. The van der Waals surface area contributed by atoms with Crippen molar-refractivity contribution in [3.8, 4) is 0 Å². The van der Waals surface area contributed by atoms with Crippen LogP contribution in [0.15, 0.2) is 12.1 Å². The fourth-order valence-corrected chi connectivity index (χ4v) is 2.00. The van der Waals surface area contributed by atoms with Gasteiger partial charge in [0.05, 0.1) is 6.42 Å². The van der Waals surface area contributed by atoms with Crippen LogP contribution in [0.25, 0.3) is 0 Å². The molecule has 1 rings (SSSR count). The van der Waals surface area contributed by atoms with Gasteiger partial charge in [0, 0.05) is 5.75 Å². The summed E-state index contributed by atoms with van der Waals surface area (Å²) < 4.78 is 39.3. The van der Waals surface area contributed by atoms with E-state index in [4.69, 9.17) is 17.3 Å². The molecule has 0 aliphatic rings. The number of thioether (sulfide) groups is 1. The molecule has 3 nitrogen and oxygen atoms in total. The van der Waals surface area contributed by atoms with Gasteiger partial charge in [-0.2, -0.15) is 0 Å². The number of hydrogen-bond donors (Lipinski definition) is 2. The fraction of sp³-hybridized carbons (Fsp3) is 0.200. The van der Waals surface area contributed by atoms with Gasteiger partial charge in [-0.05, 0) is 12.1 Å². The van der Waals surface area contributed by atoms with Gasteiger partial charge < -0.3 is 10.4 Å². The second-order valence-electron chi connectivity index (χ2n) is 3.12.